The van der Waals surface area contributed by atoms with Gasteiger partial charge in [0.05, 0.1) is 13.7 Å². The molecule has 14 heavy (non-hydrogen) atoms. The summed E-state index contributed by atoms with van der Waals surface area (Å²) in [5, 5.41) is 3.38. The molecule has 0 atom stereocenters. The van der Waals surface area contributed by atoms with Crippen molar-refractivity contribution in [1.29, 1.82) is 0 Å². The van der Waals surface area contributed by atoms with Gasteiger partial charge in [-0.1, -0.05) is 6.07 Å². The van der Waals surface area contributed by atoms with Gasteiger partial charge in [0.25, 0.3) is 0 Å². The van der Waals surface area contributed by atoms with E-state index in [0.717, 1.165) is 36.6 Å². The van der Waals surface area contributed by atoms with Gasteiger partial charge in [0.2, 0.25) is 0 Å². The van der Waals surface area contributed by atoms with Crippen molar-refractivity contribution in [2.75, 3.05) is 19.0 Å². The van der Waals surface area contributed by atoms with E-state index in [-0.39, 0.29) is 5.60 Å². The summed E-state index contributed by atoms with van der Waals surface area (Å²) in [6.45, 7) is 0.903. The van der Waals surface area contributed by atoms with Gasteiger partial charge < -0.3 is 14.8 Å². The van der Waals surface area contributed by atoms with Crippen molar-refractivity contribution >= 4 is 5.69 Å². The summed E-state index contributed by atoms with van der Waals surface area (Å²) in [4.78, 5) is 0. The Balaban J connectivity index is 2.01. The number of hydrogen-bond acceptors (Lipinski definition) is 3. The predicted octanol–water partition coefficient (Wildman–Crippen LogP) is 2.03. The Labute approximate surface area is 83.0 Å². The van der Waals surface area contributed by atoms with E-state index in [4.69, 9.17) is 9.47 Å². The number of rotatable bonds is 1. The van der Waals surface area contributed by atoms with Crippen LogP contribution in [-0.4, -0.2) is 19.3 Å². The molecule has 0 amide bonds. The molecule has 3 nitrogen and oxygen atoms in total. The van der Waals surface area contributed by atoms with E-state index >= 15 is 0 Å². The van der Waals surface area contributed by atoms with E-state index in [1.807, 2.05) is 18.2 Å². The summed E-state index contributed by atoms with van der Waals surface area (Å²) in [7, 11) is 1.68. The number of para-hydroxylation sites is 1. The minimum Gasteiger partial charge on any atom is -0.494 e. The van der Waals surface area contributed by atoms with Crippen LogP contribution in [0.2, 0.25) is 0 Å². The van der Waals surface area contributed by atoms with E-state index in [9.17, 15) is 0 Å². The molecule has 0 aromatic heterocycles. The minimum atomic E-state index is 0.0966. The number of hydrogen-bond donors (Lipinski definition) is 1. The molecule has 74 valence electrons. The first-order chi connectivity index (χ1) is 6.83. The van der Waals surface area contributed by atoms with Gasteiger partial charge in [-0.3, -0.25) is 0 Å². The second-order valence-electron chi connectivity index (χ2n) is 3.97. The smallest absolute Gasteiger partial charge is 0.147 e. The largest absolute Gasteiger partial charge is 0.494 e. The van der Waals surface area contributed by atoms with Crippen LogP contribution in [0.15, 0.2) is 18.2 Å². The van der Waals surface area contributed by atoms with Crippen molar-refractivity contribution in [3.63, 3.8) is 0 Å². The second kappa shape index (κ2) is 2.56. The number of nitrogens with one attached hydrogen (secondary N) is 1. The molecule has 2 aliphatic rings. The Hall–Kier alpha value is -1.38. The van der Waals surface area contributed by atoms with Crippen LogP contribution in [-0.2, 0) is 0 Å². The Morgan fingerprint density at radius 3 is 3.00 bits per heavy atom. The zero-order chi connectivity index (χ0) is 9.60. The third kappa shape index (κ3) is 1.05. The number of methoxy groups -OCH3 is 1. The maximum absolute atomic E-state index is 5.93. The Morgan fingerprint density at radius 1 is 1.43 bits per heavy atom. The van der Waals surface area contributed by atoms with Crippen molar-refractivity contribution in [3.05, 3.63) is 18.2 Å². The fourth-order valence-corrected chi connectivity index (χ4v) is 1.88. The van der Waals surface area contributed by atoms with E-state index in [0.29, 0.717) is 0 Å². The summed E-state index contributed by atoms with van der Waals surface area (Å²) in [5.74, 6) is 1.78. The first-order valence-corrected chi connectivity index (χ1v) is 4.93. The monoisotopic (exact) mass is 191 g/mol. The Kier molecular flexibility index (Phi) is 1.46. The molecular weight excluding hydrogens is 178 g/mol. The molecule has 3 rings (SSSR count). The molecule has 0 bridgehead atoms. The van der Waals surface area contributed by atoms with E-state index in [1.165, 1.54) is 0 Å². The normalized spacial score (nSPS) is 20.6. The van der Waals surface area contributed by atoms with E-state index in [1.54, 1.807) is 7.11 Å². The highest BCUT2D eigenvalue weighted by Crippen LogP contribution is 2.48. The summed E-state index contributed by atoms with van der Waals surface area (Å²) in [5.41, 5.74) is 1.09. The van der Waals surface area contributed by atoms with Crippen molar-refractivity contribution in [2.45, 2.75) is 18.4 Å². The van der Waals surface area contributed by atoms with Gasteiger partial charge in [0.15, 0.2) is 0 Å². The third-order valence-electron chi connectivity index (χ3n) is 2.93. The molecule has 0 radical (unpaired) electrons. The standard InChI is InChI=1S/C11H13NO2/c1-13-8-3-2-4-9-10(8)12-7-11(14-9)5-6-11/h2-4,12H,5-7H2,1H3. The van der Waals surface area contributed by atoms with Crippen LogP contribution in [0.4, 0.5) is 5.69 Å². The fourth-order valence-electron chi connectivity index (χ4n) is 1.88. The lowest BCUT2D eigenvalue weighted by molar-refractivity contribution is 0.183. The van der Waals surface area contributed by atoms with Gasteiger partial charge in [0, 0.05) is 0 Å². The molecule has 1 N–H and O–H groups in total. The van der Waals surface area contributed by atoms with Gasteiger partial charge in [-0.15, -0.1) is 0 Å². The molecule has 1 aliphatic carbocycles. The van der Waals surface area contributed by atoms with Crippen molar-refractivity contribution in [2.24, 2.45) is 0 Å². The van der Waals surface area contributed by atoms with Crippen LogP contribution >= 0.6 is 0 Å². The van der Waals surface area contributed by atoms with Crippen LogP contribution in [0.3, 0.4) is 0 Å². The van der Waals surface area contributed by atoms with Crippen molar-refractivity contribution in [3.8, 4) is 11.5 Å². The zero-order valence-electron chi connectivity index (χ0n) is 8.17. The molecule has 1 aromatic carbocycles. The molecule has 1 heterocycles. The zero-order valence-corrected chi connectivity index (χ0v) is 8.17. The van der Waals surface area contributed by atoms with Gasteiger partial charge in [-0.05, 0) is 25.0 Å². The summed E-state index contributed by atoms with van der Waals surface area (Å²) >= 11 is 0. The van der Waals surface area contributed by atoms with Crippen LogP contribution in [0.5, 0.6) is 11.5 Å². The van der Waals surface area contributed by atoms with Crippen LogP contribution < -0.4 is 14.8 Å². The van der Waals surface area contributed by atoms with E-state index in [2.05, 4.69) is 5.32 Å². The quantitative estimate of drug-likeness (QED) is 0.736. The molecule has 0 saturated heterocycles. The lowest BCUT2D eigenvalue weighted by atomic mass is 10.2. The van der Waals surface area contributed by atoms with Crippen molar-refractivity contribution < 1.29 is 9.47 Å². The van der Waals surface area contributed by atoms with Crippen LogP contribution in [0.25, 0.3) is 0 Å². The molecule has 1 aromatic rings. The van der Waals surface area contributed by atoms with Gasteiger partial charge in [0.1, 0.15) is 22.8 Å². The summed E-state index contributed by atoms with van der Waals surface area (Å²) in [6.07, 6.45) is 2.33. The van der Waals surface area contributed by atoms with Crippen molar-refractivity contribution in [1.82, 2.24) is 0 Å². The topological polar surface area (TPSA) is 30.5 Å². The third-order valence-corrected chi connectivity index (χ3v) is 2.93. The molecule has 1 spiro atoms. The highest BCUT2D eigenvalue weighted by molar-refractivity contribution is 5.68. The second-order valence-corrected chi connectivity index (χ2v) is 3.97. The molecule has 3 heteroatoms. The SMILES string of the molecule is COc1cccc2c1NCC1(CC1)O2. The average Bonchev–Trinajstić information content (AvgIpc) is 2.96. The Morgan fingerprint density at radius 2 is 2.29 bits per heavy atom. The van der Waals surface area contributed by atoms with E-state index < -0.39 is 0 Å². The molecule has 1 fully saturated rings. The van der Waals surface area contributed by atoms with Crippen LogP contribution in [0, 0.1) is 0 Å². The summed E-state index contributed by atoms with van der Waals surface area (Å²) < 4.78 is 11.2. The molecular formula is C11H13NO2. The first-order valence-electron chi connectivity index (χ1n) is 4.93. The maximum Gasteiger partial charge on any atom is 0.147 e. The summed E-state index contributed by atoms with van der Waals surface area (Å²) in [6, 6.07) is 5.89. The minimum absolute atomic E-state index is 0.0966. The molecule has 1 saturated carbocycles. The van der Waals surface area contributed by atoms with Gasteiger partial charge >= 0.3 is 0 Å². The predicted molar refractivity (Wildman–Crippen MR) is 54.1 cm³/mol. The lowest BCUT2D eigenvalue weighted by Gasteiger charge is -2.28. The average molecular weight is 191 g/mol. The highest BCUT2D eigenvalue weighted by Gasteiger charge is 2.48. The van der Waals surface area contributed by atoms with Gasteiger partial charge in [-0.2, -0.15) is 0 Å². The first kappa shape index (κ1) is 7.97. The number of anilines is 1. The maximum atomic E-state index is 5.93. The Bertz CT molecular complexity index is 372. The molecule has 0 unspecified atom stereocenters. The van der Waals surface area contributed by atoms with Crippen LogP contribution in [0.1, 0.15) is 12.8 Å². The number of ether oxygens (including phenoxy) is 2. The lowest BCUT2D eigenvalue weighted by Crippen LogP contribution is -2.32. The number of fused-ring (bicyclic) bond motifs is 1. The fraction of sp³-hybridized carbons (Fsp3) is 0.455. The number of benzene rings is 1. The van der Waals surface area contributed by atoms with Gasteiger partial charge in [-0.25, -0.2) is 0 Å². The molecule has 1 aliphatic heterocycles. The highest BCUT2D eigenvalue weighted by atomic mass is 16.5.